The van der Waals surface area contributed by atoms with Crippen molar-refractivity contribution in [1.29, 1.82) is 0 Å². The number of fused-ring (bicyclic) bond motifs is 1. The van der Waals surface area contributed by atoms with E-state index >= 15 is 0 Å². The van der Waals surface area contributed by atoms with Crippen molar-refractivity contribution in [1.82, 2.24) is 10.3 Å². The van der Waals surface area contributed by atoms with Crippen molar-refractivity contribution in [2.24, 2.45) is 0 Å². The molecule has 1 unspecified atom stereocenters. The molecule has 1 N–H and O–H groups in total. The maximum Gasteiger partial charge on any atom is 0.0466 e. The lowest BCUT2D eigenvalue weighted by Gasteiger charge is -2.21. The van der Waals surface area contributed by atoms with E-state index in [4.69, 9.17) is 0 Å². The molecule has 0 radical (unpaired) electrons. The van der Waals surface area contributed by atoms with Gasteiger partial charge in [0.15, 0.2) is 0 Å². The molecule has 0 fully saturated rings. The van der Waals surface area contributed by atoms with Crippen molar-refractivity contribution in [2.45, 2.75) is 57.9 Å². The van der Waals surface area contributed by atoms with Crippen molar-refractivity contribution in [3.05, 3.63) is 29.6 Å². The highest BCUT2D eigenvalue weighted by atomic mass is 14.9. The average Bonchev–Trinajstić information content (AvgIpc) is 2.67. The van der Waals surface area contributed by atoms with E-state index in [1.54, 1.807) is 0 Å². The van der Waals surface area contributed by atoms with Crippen molar-refractivity contribution in [3.63, 3.8) is 0 Å². The third-order valence-electron chi connectivity index (χ3n) is 3.46. The minimum Gasteiger partial charge on any atom is -0.312 e. The van der Waals surface area contributed by atoms with Crippen LogP contribution < -0.4 is 5.32 Å². The summed E-state index contributed by atoms with van der Waals surface area (Å²) in [6, 6.07) is 4.29. The first-order valence-corrected chi connectivity index (χ1v) is 6.75. The van der Waals surface area contributed by atoms with Gasteiger partial charge < -0.3 is 5.32 Å². The molecule has 0 saturated heterocycles. The van der Waals surface area contributed by atoms with Gasteiger partial charge in [-0.1, -0.05) is 6.07 Å². The van der Waals surface area contributed by atoms with Gasteiger partial charge in [0, 0.05) is 23.3 Å². The number of rotatable bonds is 4. The molecule has 2 rings (SSSR count). The van der Waals surface area contributed by atoms with E-state index < -0.39 is 0 Å². The number of nitrogens with zero attached hydrogens (tertiary/aromatic N) is 1. The second-order valence-corrected chi connectivity index (χ2v) is 6.10. The quantitative estimate of drug-likeness (QED) is 0.806. The number of pyridine rings is 1. The third kappa shape index (κ3) is 3.53. The van der Waals surface area contributed by atoms with Crippen LogP contribution in [0.1, 0.15) is 57.2 Å². The minimum atomic E-state index is 0.242. The number of aromatic nitrogens is 1. The zero-order valence-electron chi connectivity index (χ0n) is 11.3. The van der Waals surface area contributed by atoms with Crippen LogP contribution in [0, 0.1) is 0 Å². The second kappa shape index (κ2) is 5.18. The highest BCUT2D eigenvalue weighted by Crippen LogP contribution is 2.34. The summed E-state index contributed by atoms with van der Waals surface area (Å²) in [5, 5.41) is 3.55. The van der Waals surface area contributed by atoms with Crippen LogP contribution in [0.2, 0.25) is 0 Å². The van der Waals surface area contributed by atoms with Crippen LogP contribution in [0.15, 0.2) is 18.3 Å². The lowest BCUT2D eigenvalue weighted by atomic mass is 10.00. The number of nitrogens with one attached hydrogen (secondary N) is 1. The smallest absolute Gasteiger partial charge is 0.0466 e. The van der Waals surface area contributed by atoms with Crippen molar-refractivity contribution in [2.75, 3.05) is 6.54 Å². The lowest BCUT2D eigenvalue weighted by Crippen LogP contribution is -2.36. The van der Waals surface area contributed by atoms with Crippen LogP contribution in [0.4, 0.5) is 0 Å². The second-order valence-electron chi connectivity index (χ2n) is 6.10. The number of hydrogen-bond donors (Lipinski definition) is 1. The zero-order valence-corrected chi connectivity index (χ0v) is 11.3. The number of aryl methyl sites for hydroxylation is 1. The molecule has 2 heteroatoms. The molecule has 0 aliphatic heterocycles. The Morgan fingerprint density at radius 3 is 3.00 bits per heavy atom. The standard InChI is InChI=1S/C15H24N2/c1-15(2,3)17-11-5-7-13-9-8-12-6-4-10-16-14(12)13/h4,6,10,13,17H,5,7-9,11H2,1-3H3. The van der Waals surface area contributed by atoms with Gasteiger partial charge in [0.05, 0.1) is 0 Å². The summed E-state index contributed by atoms with van der Waals surface area (Å²) >= 11 is 0. The predicted octanol–water partition coefficient (Wildman–Crippen LogP) is 3.28. The summed E-state index contributed by atoms with van der Waals surface area (Å²) in [6.07, 6.45) is 6.97. The van der Waals surface area contributed by atoms with E-state index in [1.165, 1.54) is 36.9 Å². The Morgan fingerprint density at radius 1 is 1.41 bits per heavy atom. The van der Waals surface area contributed by atoms with E-state index in [2.05, 4.69) is 43.2 Å². The molecule has 17 heavy (non-hydrogen) atoms. The van der Waals surface area contributed by atoms with Crippen molar-refractivity contribution < 1.29 is 0 Å². The Hall–Kier alpha value is -0.890. The highest BCUT2D eigenvalue weighted by molar-refractivity contribution is 5.28. The largest absolute Gasteiger partial charge is 0.312 e. The van der Waals surface area contributed by atoms with Crippen LogP contribution >= 0.6 is 0 Å². The van der Waals surface area contributed by atoms with Gasteiger partial charge in [-0.25, -0.2) is 0 Å². The molecule has 0 saturated carbocycles. The molecule has 1 aliphatic carbocycles. The van der Waals surface area contributed by atoms with Crippen molar-refractivity contribution in [3.8, 4) is 0 Å². The molecule has 1 aliphatic rings. The fraction of sp³-hybridized carbons (Fsp3) is 0.667. The Bertz CT molecular complexity index is 365. The molecule has 94 valence electrons. The summed E-state index contributed by atoms with van der Waals surface area (Å²) in [7, 11) is 0. The molecule has 1 heterocycles. The topological polar surface area (TPSA) is 24.9 Å². The maximum atomic E-state index is 4.55. The van der Waals surface area contributed by atoms with Gasteiger partial charge in [0.25, 0.3) is 0 Å². The van der Waals surface area contributed by atoms with Crippen LogP contribution in [0.25, 0.3) is 0 Å². The Kier molecular flexibility index (Phi) is 3.82. The average molecular weight is 232 g/mol. The summed E-state index contributed by atoms with van der Waals surface area (Å²) in [5.41, 5.74) is 3.08. The molecule has 1 aromatic rings. The molecular formula is C15H24N2. The summed E-state index contributed by atoms with van der Waals surface area (Å²) in [5.74, 6) is 0.702. The third-order valence-corrected chi connectivity index (χ3v) is 3.46. The Balaban J connectivity index is 1.78. The Morgan fingerprint density at radius 2 is 2.24 bits per heavy atom. The lowest BCUT2D eigenvalue weighted by molar-refractivity contribution is 0.411. The summed E-state index contributed by atoms with van der Waals surface area (Å²) < 4.78 is 0. The van der Waals surface area contributed by atoms with Gasteiger partial charge in [-0.05, 0) is 64.6 Å². The first kappa shape index (κ1) is 12.6. The maximum absolute atomic E-state index is 4.55. The van der Waals surface area contributed by atoms with Gasteiger partial charge in [0.2, 0.25) is 0 Å². The highest BCUT2D eigenvalue weighted by Gasteiger charge is 2.22. The summed E-state index contributed by atoms with van der Waals surface area (Å²) in [4.78, 5) is 4.55. The Labute approximate surface area is 105 Å². The molecule has 1 atom stereocenters. The fourth-order valence-corrected chi connectivity index (χ4v) is 2.59. The van der Waals surface area contributed by atoms with Gasteiger partial charge in [0.1, 0.15) is 0 Å². The normalized spacial score (nSPS) is 19.4. The van der Waals surface area contributed by atoms with Crippen LogP contribution in [0.5, 0.6) is 0 Å². The molecule has 0 aromatic carbocycles. The van der Waals surface area contributed by atoms with E-state index in [0.29, 0.717) is 5.92 Å². The van der Waals surface area contributed by atoms with Gasteiger partial charge in [-0.15, -0.1) is 0 Å². The van der Waals surface area contributed by atoms with E-state index in [-0.39, 0.29) is 5.54 Å². The van der Waals surface area contributed by atoms with Crippen LogP contribution in [-0.4, -0.2) is 17.1 Å². The van der Waals surface area contributed by atoms with Crippen LogP contribution in [-0.2, 0) is 6.42 Å². The fourth-order valence-electron chi connectivity index (χ4n) is 2.59. The molecule has 1 aromatic heterocycles. The van der Waals surface area contributed by atoms with Gasteiger partial charge in [-0.3, -0.25) is 4.98 Å². The summed E-state index contributed by atoms with van der Waals surface area (Å²) in [6.45, 7) is 7.78. The predicted molar refractivity (Wildman–Crippen MR) is 72.3 cm³/mol. The molecular weight excluding hydrogens is 208 g/mol. The molecule has 0 amide bonds. The SMILES string of the molecule is CC(C)(C)NCCCC1CCc2cccnc21. The minimum absolute atomic E-state index is 0.242. The first-order chi connectivity index (χ1) is 8.06. The van der Waals surface area contributed by atoms with Crippen LogP contribution in [0.3, 0.4) is 0 Å². The van der Waals surface area contributed by atoms with E-state index in [1.807, 2.05) is 6.20 Å². The van der Waals surface area contributed by atoms with Gasteiger partial charge in [-0.2, -0.15) is 0 Å². The number of hydrogen-bond acceptors (Lipinski definition) is 2. The first-order valence-electron chi connectivity index (χ1n) is 6.75. The van der Waals surface area contributed by atoms with E-state index in [9.17, 15) is 0 Å². The van der Waals surface area contributed by atoms with E-state index in [0.717, 1.165) is 6.54 Å². The molecule has 0 spiro atoms. The zero-order chi connectivity index (χ0) is 12.3. The molecule has 0 bridgehead atoms. The molecule has 2 nitrogen and oxygen atoms in total. The van der Waals surface area contributed by atoms with Gasteiger partial charge >= 0.3 is 0 Å². The monoisotopic (exact) mass is 232 g/mol. The van der Waals surface area contributed by atoms with Crippen molar-refractivity contribution >= 4 is 0 Å².